The topological polar surface area (TPSA) is 70.6 Å². The maximum Gasteiger partial charge on any atom is 0.267 e. The summed E-state index contributed by atoms with van der Waals surface area (Å²) in [5.74, 6) is -0.344. The number of carbonyl (C=O) groups is 2. The fourth-order valence-electron chi connectivity index (χ4n) is 1.82. The molecular formula is C14H17N3O2. The Morgan fingerprint density at radius 3 is 2.68 bits per heavy atom. The molecule has 0 atom stereocenters. The van der Waals surface area contributed by atoms with E-state index < -0.39 is 0 Å². The Balaban J connectivity index is 1.78. The van der Waals surface area contributed by atoms with E-state index in [0.29, 0.717) is 25.1 Å². The van der Waals surface area contributed by atoms with E-state index in [1.807, 2.05) is 6.92 Å². The summed E-state index contributed by atoms with van der Waals surface area (Å²) in [6.07, 6.45) is 1.51. The third kappa shape index (κ3) is 3.91. The molecule has 2 amide bonds. The first kappa shape index (κ1) is 13.3. The molecule has 0 unspecified atom stereocenters. The van der Waals surface area contributed by atoms with Crippen LogP contribution in [0.4, 0.5) is 0 Å². The standard InChI is InChI=1S/C14H17N3O2/c1-10-2-4-11(5-3-10)8-9-15-14(19)12-6-7-13(18)17-16-12/h2-5H,6-9H2,1H3,(H,15,19)(H,17,18). The Morgan fingerprint density at radius 1 is 1.32 bits per heavy atom. The van der Waals surface area contributed by atoms with Crippen molar-refractivity contribution in [1.29, 1.82) is 0 Å². The number of carbonyl (C=O) groups excluding carboxylic acids is 2. The van der Waals surface area contributed by atoms with Crippen LogP contribution in [0.15, 0.2) is 29.4 Å². The van der Waals surface area contributed by atoms with Crippen molar-refractivity contribution in [3.63, 3.8) is 0 Å². The van der Waals surface area contributed by atoms with Crippen LogP contribution >= 0.6 is 0 Å². The molecule has 0 saturated carbocycles. The molecule has 0 fully saturated rings. The van der Waals surface area contributed by atoms with E-state index in [1.165, 1.54) is 11.1 Å². The average molecular weight is 259 g/mol. The van der Waals surface area contributed by atoms with Gasteiger partial charge in [-0.2, -0.15) is 5.10 Å². The predicted octanol–water partition coefficient (Wildman–Crippen LogP) is 0.920. The number of benzene rings is 1. The quantitative estimate of drug-likeness (QED) is 0.844. The number of nitrogens with one attached hydrogen (secondary N) is 2. The monoisotopic (exact) mass is 259 g/mol. The summed E-state index contributed by atoms with van der Waals surface area (Å²) in [7, 11) is 0. The van der Waals surface area contributed by atoms with Gasteiger partial charge in [-0.25, -0.2) is 5.43 Å². The van der Waals surface area contributed by atoms with Crippen LogP contribution in [0.2, 0.25) is 0 Å². The number of rotatable bonds is 4. The van der Waals surface area contributed by atoms with Crippen LogP contribution in [-0.4, -0.2) is 24.1 Å². The minimum atomic E-state index is -0.202. The van der Waals surface area contributed by atoms with Crippen molar-refractivity contribution in [3.8, 4) is 0 Å². The largest absolute Gasteiger partial charge is 0.351 e. The number of hydrogen-bond acceptors (Lipinski definition) is 3. The molecule has 5 nitrogen and oxygen atoms in total. The van der Waals surface area contributed by atoms with Crippen LogP contribution in [-0.2, 0) is 16.0 Å². The number of nitrogens with zero attached hydrogens (tertiary/aromatic N) is 1. The number of hydrogen-bond donors (Lipinski definition) is 2. The normalized spacial score (nSPS) is 14.6. The van der Waals surface area contributed by atoms with Crippen LogP contribution in [0.25, 0.3) is 0 Å². The van der Waals surface area contributed by atoms with Gasteiger partial charge in [0, 0.05) is 19.4 Å². The van der Waals surface area contributed by atoms with Gasteiger partial charge in [0.1, 0.15) is 5.71 Å². The van der Waals surface area contributed by atoms with Gasteiger partial charge in [0.25, 0.3) is 5.91 Å². The lowest BCUT2D eigenvalue weighted by Gasteiger charge is -2.11. The van der Waals surface area contributed by atoms with Gasteiger partial charge in [-0.15, -0.1) is 0 Å². The second-order valence-corrected chi connectivity index (χ2v) is 4.58. The maximum absolute atomic E-state index is 11.8. The number of aryl methyl sites for hydroxylation is 1. The third-order valence-corrected chi connectivity index (χ3v) is 2.99. The molecule has 0 aliphatic carbocycles. The summed E-state index contributed by atoms with van der Waals surface area (Å²) in [6.45, 7) is 2.61. The van der Waals surface area contributed by atoms with E-state index >= 15 is 0 Å². The molecule has 0 radical (unpaired) electrons. The van der Waals surface area contributed by atoms with E-state index in [2.05, 4.69) is 40.1 Å². The highest BCUT2D eigenvalue weighted by Crippen LogP contribution is 2.03. The lowest BCUT2D eigenvalue weighted by atomic mass is 10.1. The molecule has 0 saturated heterocycles. The van der Waals surface area contributed by atoms with Crippen molar-refractivity contribution in [2.45, 2.75) is 26.2 Å². The molecule has 0 bridgehead atoms. The van der Waals surface area contributed by atoms with Gasteiger partial charge in [-0.1, -0.05) is 29.8 Å². The highest BCUT2D eigenvalue weighted by molar-refractivity contribution is 6.39. The molecule has 0 aromatic heterocycles. The SMILES string of the molecule is Cc1ccc(CCNC(=O)C2=NNC(=O)CC2)cc1. The van der Waals surface area contributed by atoms with Crippen molar-refractivity contribution in [2.24, 2.45) is 5.10 Å². The highest BCUT2D eigenvalue weighted by atomic mass is 16.2. The molecule has 1 heterocycles. The molecule has 1 aromatic carbocycles. The van der Waals surface area contributed by atoms with Crippen molar-refractivity contribution in [1.82, 2.24) is 10.7 Å². The zero-order chi connectivity index (χ0) is 13.7. The summed E-state index contributed by atoms with van der Waals surface area (Å²) in [5.41, 5.74) is 5.11. The van der Waals surface area contributed by atoms with Crippen molar-refractivity contribution in [3.05, 3.63) is 35.4 Å². The average Bonchev–Trinajstić information content (AvgIpc) is 2.41. The van der Waals surface area contributed by atoms with Crippen molar-refractivity contribution < 1.29 is 9.59 Å². The Kier molecular flexibility index (Phi) is 4.28. The fraction of sp³-hybridized carbons (Fsp3) is 0.357. The second-order valence-electron chi connectivity index (χ2n) is 4.58. The first-order valence-electron chi connectivity index (χ1n) is 6.34. The van der Waals surface area contributed by atoms with E-state index in [0.717, 1.165) is 6.42 Å². The van der Waals surface area contributed by atoms with Gasteiger partial charge in [-0.3, -0.25) is 9.59 Å². The zero-order valence-corrected chi connectivity index (χ0v) is 10.9. The van der Waals surface area contributed by atoms with Crippen LogP contribution < -0.4 is 10.7 Å². The van der Waals surface area contributed by atoms with Crippen LogP contribution in [0.3, 0.4) is 0 Å². The van der Waals surface area contributed by atoms with E-state index in [4.69, 9.17) is 0 Å². The number of amides is 2. The van der Waals surface area contributed by atoms with E-state index in [1.54, 1.807) is 0 Å². The second kappa shape index (κ2) is 6.13. The maximum atomic E-state index is 11.8. The third-order valence-electron chi connectivity index (χ3n) is 2.99. The van der Waals surface area contributed by atoms with Crippen molar-refractivity contribution >= 4 is 17.5 Å². The van der Waals surface area contributed by atoms with Gasteiger partial charge in [0.05, 0.1) is 0 Å². The molecule has 19 heavy (non-hydrogen) atoms. The van der Waals surface area contributed by atoms with Gasteiger partial charge in [-0.05, 0) is 18.9 Å². The lowest BCUT2D eigenvalue weighted by Crippen LogP contribution is -2.37. The molecule has 2 rings (SSSR count). The molecule has 100 valence electrons. The fourth-order valence-corrected chi connectivity index (χ4v) is 1.82. The minimum Gasteiger partial charge on any atom is -0.351 e. The van der Waals surface area contributed by atoms with Crippen LogP contribution in [0.5, 0.6) is 0 Å². The first-order valence-corrected chi connectivity index (χ1v) is 6.34. The van der Waals surface area contributed by atoms with E-state index in [9.17, 15) is 9.59 Å². The van der Waals surface area contributed by atoms with Gasteiger partial charge in [0.2, 0.25) is 5.91 Å². The highest BCUT2D eigenvalue weighted by Gasteiger charge is 2.17. The Morgan fingerprint density at radius 2 is 2.05 bits per heavy atom. The Bertz CT molecular complexity index is 506. The van der Waals surface area contributed by atoms with Crippen molar-refractivity contribution in [2.75, 3.05) is 6.54 Å². The molecule has 1 aromatic rings. The smallest absolute Gasteiger partial charge is 0.267 e. The predicted molar refractivity (Wildman–Crippen MR) is 72.7 cm³/mol. The summed E-state index contributed by atoms with van der Waals surface area (Å²) >= 11 is 0. The summed E-state index contributed by atoms with van der Waals surface area (Å²) < 4.78 is 0. The lowest BCUT2D eigenvalue weighted by molar-refractivity contribution is -0.121. The molecule has 5 heteroatoms. The van der Waals surface area contributed by atoms with Gasteiger partial charge in [0.15, 0.2) is 0 Å². The summed E-state index contributed by atoms with van der Waals surface area (Å²) in [6, 6.07) is 8.22. The molecular weight excluding hydrogens is 242 g/mol. The molecule has 0 spiro atoms. The Hall–Kier alpha value is -2.17. The van der Waals surface area contributed by atoms with E-state index in [-0.39, 0.29) is 11.8 Å². The van der Waals surface area contributed by atoms with Crippen LogP contribution in [0, 0.1) is 6.92 Å². The molecule has 1 aliphatic heterocycles. The zero-order valence-electron chi connectivity index (χ0n) is 10.9. The minimum absolute atomic E-state index is 0.142. The van der Waals surface area contributed by atoms with Gasteiger partial charge < -0.3 is 5.32 Å². The molecule has 1 aliphatic rings. The Labute approximate surface area is 112 Å². The summed E-state index contributed by atoms with van der Waals surface area (Å²) in [5, 5.41) is 6.56. The molecule has 2 N–H and O–H groups in total. The summed E-state index contributed by atoms with van der Waals surface area (Å²) in [4.78, 5) is 22.7. The van der Waals surface area contributed by atoms with Gasteiger partial charge >= 0.3 is 0 Å². The van der Waals surface area contributed by atoms with Crippen LogP contribution in [0.1, 0.15) is 24.0 Å². The number of hydrazone groups is 1. The first-order chi connectivity index (χ1) is 9.15.